The second-order valence-corrected chi connectivity index (χ2v) is 3.25. The van der Waals surface area contributed by atoms with Gasteiger partial charge in [-0.25, -0.2) is 4.98 Å². The molecular formula is C8H11BrN2. The maximum absolute atomic E-state index is 5.59. The first-order chi connectivity index (χ1) is 5.16. The van der Waals surface area contributed by atoms with Crippen LogP contribution in [-0.2, 0) is 6.42 Å². The summed E-state index contributed by atoms with van der Waals surface area (Å²) in [7, 11) is 0. The molecule has 1 aromatic rings. The minimum Gasteiger partial charge on any atom is -0.383 e. The zero-order chi connectivity index (χ0) is 8.43. The Kier molecular flexibility index (Phi) is 2.49. The van der Waals surface area contributed by atoms with Crippen molar-refractivity contribution in [3.05, 3.63) is 21.8 Å². The van der Waals surface area contributed by atoms with Crippen molar-refractivity contribution in [1.82, 2.24) is 4.98 Å². The SMILES string of the molecule is CCc1cnc(N)c(Br)c1C. The minimum absolute atomic E-state index is 0.569. The lowest BCUT2D eigenvalue weighted by Gasteiger charge is -2.05. The van der Waals surface area contributed by atoms with Gasteiger partial charge in [-0.2, -0.15) is 0 Å². The first-order valence-corrected chi connectivity index (χ1v) is 4.35. The van der Waals surface area contributed by atoms with E-state index in [4.69, 9.17) is 5.73 Å². The van der Waals surface area contributed by atoms with Crippen LogP contribution in [-0.4, -0.2) is 4.98 Å². The standard InChI is InChI=1S/C8H11BrN2/c1-3-6-4-11-8(10)7(9)5(6)2/h4H,3H2,1-2H3,(H2,10,11). The van der Waals surface area contributed by atoms with E-state index in [1.165, 1.54) is 11.1 Å². The summed E-state index contributed by atoms with van der Waals surface area (Å²) in [5, 5.41) is 0. The van der Waals surface area contributed by atoms with Crippen LogP contribution in [0.15, 0.2) is 10.7 Å². The Hall–Kier alpha value is -0.570. The van der Waals surface area contributed by atoms with Gasteiger partial charge in [0.05, 0.1) is 4.47 Å². The highest BCUT2D eigenvalue weighted by molar-refractivity contribution is 9.10. The molecule has 0 aliphatic carbocycles. The third-order valence-corrected chi connectivity index (χ3v) is 2.78. The van der Waals surface area contributed by atoms with Crippen LogP contribution in [0.4, 0.5) is 5.82 Å². The molecule has 1 rings (SSSR count). The summed E-state index contributed by atoms with van der Waals surface area (Å²) >= 11 is 3.38. The smallest absolute Gasteiger partial charge is 0.137 e. The molecule has 3 heteroatoms. The van der Waals surface area contributed by atoms with Gasteiger partial charge in [0.1, 0.15) is 5.82 Å². The molecule has 1 heterocycles. The molecule has 2 N–H and O–H groups in total. The van der Waals surface area contributed by atoms with E-state index in [0.29, 0.717) is 5.82 Å². The molecule has 0 aromatic carbocycles. The number of hydrogen-bond donors (Lipinski definition) is 1. The zero-order valence-electron chi connectivity index (χ0n) is 6.69. The van der Waals surface area contributed by atoms with Crippen molar-refractivity contribution in [2.45, 2.75) is 20.3 Å². The third kappa shape index (κ3) is 1.53. The van der Waals surface area contributed by atoms with E-state index in [1.807, 2.05) is 13.1 Å². The fraction of sp³-hybridized carbons (Fsp3) is 0.375. The van der Waals surface area contributed by atoms with Gasteiger partial charge >= 0.3 is 0 Å². The molecule has 0 spiro atoms. The van der Waals surface area contributed by atoms with Crippen LogP contribution < -0.4 is 5.73 Å². The lowest BCUT2D eigenvalue weighted by atomic mass is 10.1. The predicted octanol–water partition coefficient (Wildman–Crippen LogP) is 2.30. The number of nitrogen functional groups attached to an aromatic ring is 1. The van der Waals surface area contributed by atoms with Gasteiger partial charge in [0.25, 0.3) is 0 Å². The third-order valence-electron chi connectivity index (χ3n) is 1.78. The average molecular weight is 215 g/mol. The van der Waals surface area contributed by atoms with Crippen LogP contribution in [0.2, 0.25) is 0 Å². The molecular weight excluding hydrogens is 204 g/mol. The number of halogens is 1. The normalized spacial score (nSPS) is 10.1. The maximum atomic E-state index is 5.59. The predicted molar refractivity (Wildman–Crippen MR) is 50.5 cm³/mol. The average Bonchev–Trinajstić information content (AvgIpc) is 2.01. The molecule has 2 nitrogen and oxygen atoms in total. The van der Waals surface area contributed by atoms with Crippen LogP contribution in [0, 0.1) is 6.92 Å². The summed E-state index contributed by atoms with van der Waals surface area (Å²) in [6.07, 6.45) is 2.83. The molecule has 0 unspecified atom stereocenters. The fourth-order valence-electron chi connectivity index (χ4n) is 0.990. The van der Waals surface area contributed by atoms with E-state index in [-0.39, 0.29) is 0 Å². The van der Waals surface area contributed by atoms with Crippen molar-refractivity contribution in [3.63, 3.8) is 0 Å². The quantitative estimate of drug-likeness (QED) is 0.780. The van der Waals surface area contributed by atoms with Gasteiger partial charge in [-0.1, -0.05) is 6.92 Å². The first kappa shape index (κ1) is 8.53. The van der Waals surface area contributed by atoms with E-state index >= 15 is 0 Å². The summed E-state index contributed by atoms with van der Waals surface area (Å²) in [6.45, 7) is 4.15. The van der Waals surface area contributed by atoms with Crippen molar-refractivity contribution in [3.8, 4) is 0 Å². The van der Waals surface area contributed by atoms with Crippen LogP contribution in [0.5, 0.6) is 0 Å². The van der Waals surface area contributed by atoms with Crippen LogP contribution in [0.3, 0.4) is 0 Å². The van der Waals surface area contributed by atoms with Crippen molar-refractivity contribution < 1.29 is 0 Å². The van der Waals surface area contributed by atoms with Crippen LogP contribution >= 0.6 is 15.9 Å². The fourth-order valence-corrected chi connectivity index (χ4v) is 1.35. The Morgan fingerprint density at radius 1 is 1.64 bits per heavy atom. The van der Waals surface area contributed by atoms with E-state index in [2.05, 4.69) is 27.8 Å². The van der Waals surface area contributed by atoms with E-state index < -0.39 is 0 Å². The number of nitrogens with two attached hydrogens (primary N) is 1. The Morgan fingerprint density at radius 3 is 2.82 bits per heavy atom. The van der Waals surface area contributed by atoms with Crippen LogP contribution in [0.1, 0.15) is 18.1 Å². The molecule has 0 amide bonds. The second kappa shape index (κ2) is 3.22. The molecule has 0 bridgehead atoms. The molecule has 0 saturated carbocycles. The van der Waals surface area contributed by atoms with E-state index in [9.17, 15) is 0 Å². The molecule has 60 valence electrons. The molecule has 1 aromatic heterocycles. The summed E-state index contributed by atoms with van der Waals surface area (Å²) < 4.78 is 0.928. The number of anilines is 1. The number of aromatic nitrogens is 1. The molecule has 0 fully saturated rings. The first-order valence-electron chi connectivity index (χ1n) is 3.56. The van der Waals surface area contributed by atoms with Gasteiger partial charge in [-0.3, -0.25) is 0 Å². The highest BCUT2D eigenvalue weighted by atomic mass is 79.9. The van der Waals surface area contributed by atoms with Gasteiger partial charge < -0.3 is 5.73 Å². The number of rotatable bonds is 1. The molecule has 0 aliphatic heterocycles. The molecule has 0 radical (unpaired) electrons. The summed E-state index contributed by atoms with van der Waals surface area (Å²) in [5.41, 5.74) is 8.02. The summed E-state index contributed by atoms with van der Waals surface area (Å²) in [6, 6.07) is 0. The van der Waals surface area contributed by atoms with E-state index in [1.54, 1.807) is 0 Å². The van der Waals surface area contributed by atoms with Crippen molar-refractivity contribution >= 4 is 21.7 Å². The lowest BCUT2D eigenvalue weighted by molar-refractivity contribution is 1.07. The van der Waals surface area contributed by atoms with Gasteiger partial charge in [0, 0.05) is 6.20 Å². The molecule has 0 atom stereocenters. The van der Waals surface area contributed by atoms with Gasteiger partial charge in [-0.15, -0.1) is 0 Å². The van der Waals surface area contributed by atoms with Gasteiger partial charge in [0.2, 0.25) is 0 Å². The van der Waals surface area contributed by atoms with Gasteiger partial charge in [0.15, 0.2) is 0 Å². The zero-order valence-corrected chi connectivity index (χ0v) is 8.27. The Bertz CT molecular complexity index is 271. The second-order valence-electron chi connectivity index (χ2n) is 2.46. The van der Waals surface area contributed by atoms with Gasteiger partial charge in [-0.05, 0) is 40.4 Å². The Morgan fingerprint density at radius 2 is 2.27 bits per heavy atom. The van der Waals surface area contributed by atoms with Crippen LogP contribution in [0.25, 0.3) is 0 Å². The van der Waals surface area contributed by atoms with Crippen molar-refractivity contribution in [2.75, 3.05) is 5.73 Å². The largest absolute Gasteiger partial charge is 0.383 e. The molecule has 11 heavy (non-hydrogen) atoms. The Balaban J connectivity index is 3.25. The number of hydrogen-bond acceptors (Lipinski definition) is 2. The molecule has 0 saturated heterocycles. The van der Waals surface area contributed by atoms with Crippen molar-refractivity contribution in [2.24, 2.45) is 0 Å². The number of nitrogens with zero attached hydrogens (tertiary/aromatic N) is 1. The number of aryl methyl sites for hydroxylation is 1. The maximum Gasteiger partial charge on any atom is 0.137 e. The lowest BCUT2D eigenvalue weighted by Crippen LogP contribution is -1.97. The number of pyridine rings is 1. The summed E-state index contributed by atoms with van der Waals surface area (Å²) in [4.78, 5) is 4.04. The highest BCUT2D eigenvalue weighted by Gasteiger charge is 2.03. The molecule has 0 aliphatic rings. The van der Waals surface area contributed by atoms with E-state index in [0.717, 1.165) is 10.9 Å². The summed E-state index contributed by atoms with van der Waals surface area (Å²) in [5.74, 6) is 0.569. The topological polar surface area (TPSA) is 38.9 Å². The van der Waals surface area contributed by atoms with Crippen molar-refractivity contribution in [1.29, 1.82) is 0 Å². The minimum atomic E-state index is 0.569. The Labute approximate surface area is 75.0 Å². The highest BCUT2D eigenvalue weighted by Crippen LogP contribution is 2.23. The monoisotopic (exact) mass is 214 g/mol.